The molecule has 0 saturated carbocycles. The topological polar surface area (TPSA) is 66.6 Å². The van der Waals surface area contributed by atoms with Gasteiger partial charge in [-0.1, -0.05) is 17.3 Å². The first-order valence-electron chi connectivity index (χ1n) is 8.21. The number of para-hydroxylation sites is 2. The van der Waals surface area contributed by atoms with Gasteiger partial charge < -0.3 is 18.7 Å². The van der Waals surface area contributed by atoms with E-state index in [1.807, 2.05) is 24.3 Å². The second-order valence-corrected chi connectivity index (χ2v) is 6.47. The second kappa shape index (κ2) is 5.23. The third kappa shape index (κ3) is 2.37. The molecule has 4 heterocycles. The van der Waals surface area contributed by atoms with Crippen LogP contribution >= 0.6 is 0 Å². The minimum absolute atomic E-state index is 0.0911. The van der Waals surface area contributed by atoms with Gasteiger partial charge in [-0.15, -0.1) is 0 Å². The summed E-state index contributed by atoms with van der Waals surface area (Å²) >= 11 is 0. The maximum atomic E-state index is 5.95. The van der Waals surface area contributed by atoms with E-state index in [1.54, 1.807) is 0 Å². The summed E-state index contributed by atoms with van der Waals surface area (Å²) in [5.41, 5.74) is 0. The summed E-state index contributed by atoms with van der Waals surface area (Å²) in [5.74, 6) is 3.21. The summed E-state index contributed by atoms with van der Waals surface area (Å²) in [7, 11) is 0. The zero-order chi connectivity index (χ0) is 15.2. The lowest BCUT2D eigenvalue weighted by Gasteiger charge is -2.25. The molecule has 2 fully saturated rings. The van der Waals surface area contributed by atoms with Gasteiger partial charge >= 0.3 is 0 Å². The maximum Gasteiger partial charge on any atom is 0.232 e. The number of hydrogen-bond donors (Lipinski definition) is 0. The van der Waals surface area contributed by atoms with E-state index in [0.717, 1.165) is 30.8 Å². The quantitative estimate of drug-likeness (QED) is 0.867. The Morgan fingerprint density at radius 3 is 2.87 bits per heavy atom. The minimum Gasteiger partial charge on any atom is -0.486 e. The molecule has 23 heavy (non-hydrogen) atoms. The van der Waals surface area contributed by atoms with Gasteiger partial charge in [0.15, 0.2) is 17.3 Å². The highest BCUT2D eigenvalue weighted by Gasteiger charge is 2.44. The fourth-order valence-corrected chi connectivity index (χ4v) is 3.77. The lowest BCUT2D eigenvalue weighted by molar-refractivity contribution is 0.0894. The highest BCUT2D eigenvalue weighted by atomic mass is 16.6. The predicted molar refractivity (Wildman–Crippen MR) is 79.6 cm³/mol. The largest absolute Gasteiger partial charge is 0.486 e. The van der Waals surface area contributed by atoms with E-state index in [9.17, 15) is 0 Å². The molecule has 0 radical (unpaired) electrons. The first-order valence-corrected chi connectivity index (χ1v) is 8.21. The SMILES string of the molecule is c1ccc2c(c1)OCC(Cc1noc([C@@H]3C[C@H]4CC[C@@H]3O4)n1)O2. The van der Waals surface area contributed by atoms with Crippen LogP contribution < -0.4 is 9.47 Å². The Balaban J connectivity index is 1.27. The summed E-state index contributed by atoms with van der Waals surface area (Å²) in [5, 5.41) is 4.12. The van der Waals surface area contributed by atoms with Crippen LogP contribution in [0.3, 0.4) is 0 Å². The third-order valence-corrected chi connectivity index (χ3v) is 4.88. The molecule has 1 unspecified atom stereocenters. The molecule has 0 N–H and O–H groups in total. The molecule has 1 aromatic heterocycles. The number of ether oxygens (including phenoxy) is 3. The summed E-state index contributed by atoms with van der Waals surface area (Å²) in [4.78, 5) is 4.57. The molecule has 6 nitrogen and oxygen atoms in total. The number of hydrogen-bond acceptors (Lipinski definition) is 6. The summed E-state index contributed by atoms with van der Waals surface area (Å²) < 4.78 is 23.0. The van der Waals surface area contributed by atoms with Crippen LogP contribution in [0.25, 0.3) is 0 Å². The molecular formula is C17H18N2O4. The molecule has 3 aliphatic heterocycles. The fourth-order valence-electron chi connectivity index (χ4n) is 3.77. The van der Waals surface area contributed by atoms with Crippen LogP contribution in [0.2, 0.25) is 0 Å². The molecule has 4 atom stereocenters. The van der Waals surface area contributed by atoms with Crippen LogP contribution in [0, 0.1) is 0 Å². The van der Waals surface area contributed by atoms with E-state index in [1.165, 1.54) is 0 Å². The highest BCUT2D eigenvalue weighted by Crippen LogP contribution is 2.43. The van der Waals surface area contributed by atoms with Crippen LogP contribution in [0.4, 0.5) is 0 Å². The number of rotatable bonds is 3. The van der Waals surface area contributed by atoms with Crippen molar-refractivity contribution in [1.29, 1.82) is 0 Å². The van der Waals surface area contributed by atoms with Crippen molar-refractivity contribution < 1.29 is 18.7 Å². The Labute approximate surface area is 133 Å². The molecule has 6 heteroatoms. The van der Waals surface area contributed by atoms with Gasteiger partial charge in [-0.25, -0.2) is 0 Å². The molecule has 0 amide bonds. The first kappa shape index (κ1) is 13.4. The third-order valence-electron chi connectivity index (χ3n) is 4.88. The summed E-state index contributed by atoms with van der Waals surface area (Å²) in [6, 6.07) is 7.69. The molecule has 2 aromatic rings. The van der Waals surface area contributed by atoms with E-state index in [2.05, 4.69) is 10.1 Å². The number of aromatic nitrogens is 2. The van der Waals surface area contributed by atoms with Crippen molar-refractivity contribution in [3.8, 4) is 11.5 Å². The zero-order valence-corrected chi connectivity index (χ0v) is 12.7. The van der Waals surface area contributed by atoms with E-state index >= 15 is 0 Å². The lowest BCUT2D eigenvalue weighted by Crippen LogP contribution is -2.31. The predicted octanol–water partition coefficient (Wildman–Crippen LogP) is 2.49. The van der Waals surface area contributed by atoms with Gasteiger partial charge in [-0.3, -0.25) is 0 Å². The molecule has 120 valence electrons. The number of fused-ring (bicyclic) bond motifs is 3. The molecule has 1 aromatic carbocycles. The van der Waals surface area contributed by atoms with Gasteiger partial charge in [-0.2, -0.15) is 4.98 Å². The Morgan fingerprint density at radius 1 is 1.13 bits per heavy atom. The van der Waals surface area contributed by atoms with Gasteiger partial charge in [0.05, 0.1) is 24.5 Å². The Bertz CT molecular complexity index is 716. The van der Waals surface area contributed by atoms with E-state index < -0.39 is 0 Å². The molecule has 3 aliphatic rings. The van der Waals surface area contributed by atoms with Crippen LogP contribution in [0.1, 0.15) is 36.9 Å². The summed E-state index contributed by atoms with van der Waals surface area (Å²) in [6.45, 7) is 0.498. The average molecular weight is 314 g/mol. The molecule has 0 spiro atoms. The lowest BCUT2D eigenvalue weighted by atomic mass is 9.89. The van der Waals surface area contributed by atoms with Crippen molar-refractivity contribution in [3.63, 3.8) is 0 Å². The zero-order valence-electron chi connectivity index (χ0n) is 12.7. The van der Waals surface area contributed by atoms with Crippen LogP contribution in [-0.4, -0.2) is 35.1 Å². The van der Waals surface area contributed by atoms with Crippen molar-refractivity contribution in [1.82, 2.24) is 10.1 Å². The van der Waals surface area contributed by atoms with E-state index in [0.29, 0.717) is 30.8 Å². The van der Waals surface area contributed by atoms with E-state index in [-0.39, 0.29) is 18.1 Å². The Morgan fingerprint density at radius 2 is 2.04 bits per heavy atom. The minimum atomic E-state index is -0.0911. The standard InChI is InChI=1S/C17H18N2O4/c1-2-4-15-14(3-1)20-9-11(22-15)8-16-18-17(23-19-16)12-7-10-5-6-13(12)21-10/h1-4,10-13H,5-9H2/t10-,11?,12-,13+/m1/s1. The normalized spacial score (nSPS) is 31.5. The molecule has 2 saturated heterocycles. The van der Waals surface area contributed by atoms with Gasteiger partial charge in [0.1, 0.15) is 12.7 Å². The van der Waals surface area contributed by atoms with E-state index in [4.69, 9.17) is 18.7 Å². The molecule has 0 aliphatic carbocycles. The van der Waals surface area contributed by atoms with Crippen LogP contribution in [-0.2, 0) is 11.2 Å². The fraction of sp³-hybridized carbons (Fsp3) is 0.529. The van der Waals surface area contributed by atoms with Crippen molar-refractivity contribution in [2.24, 2.45) is 0 Å². The molecular weight excluding hydrogens is 296 g/mol. The van der Waals surface area contributed by atoms with Gasteiger partial charge in [-0.05, 0) is 31.4 Å². The number of benzene rings is 1. The van der Waals surface area contributed by atoms with Crippen LogP contribution in [0.5, 0.6) is 11.5 Å². The molecule has 5 rings (SSSR count). The molecule has 2 bridgehead atoms. The van der Waals surface area contributed by atoms with Crippen molar-refractivity contribution in [3.05, 3.63) is 36.0 Å². The van der Waals surface area contributed by atoms with Crippen molar-refractivity contribution in [2.45, 2.75) is 49.9 Å². The van der Waals surface area contributed by atoms with Gasteiger partial charge in [0.2, 0.25) is 5.89 Å². The van der Waals surface area contributed by atoms with Gasteiger partial charge in [0.25, 0.3) is 0 Å². The monoisotopic (exact) mass is 314 g/mol. The first-order chi connectivity index (χ1) is 11.3. The van der Waals surface area contributed by atoms with Crippen molar-refractivity contribution in [2.75, 3.05) is 6.61 Å². The van der Waals surface area contributed by atoms with Crippen LogP contribution in [0.15, 0.2) is 28.8 Å². The van der Waals surface area contributed by atoms with Gasteiger partial charge in [0, 0.05) is 0 Å². The number of nitrogens with zero attached hydrogens (tertiary/aromatic N) is 2. The summed E-state index contributed by atoms with van der Waals surface area (Å²) in [6.07, 6.45) is 4.40. The average Bonchev–Trinajstić information content (AvgIpc) is 3.31. The Kier molecular flexibility index (Phi) is 3.04. The maximum absolute atomic E-state index is 5.95. The highest BCUT2D eigenvalue weighted by molar-refractivity contribution is 5.40. The van der Waals surface area contributed by atoms with Crippen molar-refractivity contribution >= 4 is 0 Å². The Hall–Kier alpha value is -2.08. The second-order valence-electron chi connectivity index (χ2n) is 6.47. The smallest absolute Gasteiger partial charge is 0.232 e.